The SMILES string of the molecule is c1ccc(-c2cc(-c3ccccc3)c3nc(-c4ccc(C5=c6ccccc6=NCC5)cc4)nc(-c4ccc(-c5ccnc6ccccc56)cc4)c3c2)cc1. The number of rotatable bonds is 6. The number of benzene rings is 7. The van der Waals surface area contributed by atoms with Crippen molar-refractivity contribution in [3.05, 3.63) is 198 Å². The lowest BCUT2D eigenvalue weighted by atomic mass is 9.93. The van der Waals surface area contributed by atoms with Gasteiger partial charge in [0.1, 0.15) is 0 Å². The summed E-state index contributed by atoms with van der Waals surface area (Å²) < 4.78 is 0. The van der Waals surface area contributed by atoms with Gasteiger partial charge in [-0.15, -0.1) is 0 Å². The van der Waals surface area contributed by atoms with Gasteiger partial charge in [0.15, 0.2) is 5.82 Å². The highest BCUT2D eigenvalue weighted by Gasteiger charge is 2.18. The van der Waals surface area contributed by atoms with Gasteiger partial charge in [0.05, 0.1) is 22.1 Å². The monoisotopic (exact) mass is 690 g/mol. The van der Waals surface area contributed by atoms with Crippen molar-refractivity contribution >= 4 is 27.4 Å². The van der Waals surface area contributed by atoms with E-state index in [4.69, 9.17) is 15.0 Å². The maximum absolute atomic E-state index is 5.40. The summed E-state index contributed by atoms with van der Waals surface area (Å²) >= 11 is 0. The molecule has 0 aliphatic carbocycles. The molecule has 0 amide bonds. The summed E-state index contributed by atoms with van der Waals surface area (Å²) in [7, 11) is 0. The van der Waals surface area contributed by atoms with Gasteiger partial charge in [0, 0.05) is 45.4 Å². The zero-order valence-electron chi connectivity index (χ0n) is 29.5. The molecule has 0 saturated carbocycles. The third kappa shape index (κ3) is 5.75. The van der Waals surface area contributed by atoms with Crippen LogP contribution in [-0.4, -0.2) is 21.5 Å². The molecule has 4 heteroatoms. The first kappa shape index (κ1) is 31.7. The van der Waals surface area contributed by atoms with Crippen LogP contribution in [0.2, 0.25) is 0 Å². The Labute approximate surface area is 313 Å². The molecule has 4 nitrogen and oxygen atoms in total. The van der Waals surface area contributed by atoms with Gasteiger partial charge in [-0.05, 0) is 75.7 Å². The molecule has 3 heterocycles. The maximum atomic E-state index is 5.40. The fourth-order valence-electron chi connectivity index (χ4n) is 7.78. The molecule has 0 fully saturated rings. The predicted molar refractivity (Wildman–Crippen MR) is 221 cm³/mol. The van der Waals surface area contributed by atoms with Gasteiger partial charge in [0.25, 0.3) is 0 Å². The smallest absolute Gasteiger partial charge is 0.160 e. The number of fused-ring (bicyclic) bond motifs is 3. The Hall–Kier alpha value is -7.04. The largest absolute Gasteiger partial charge is 0.284 e. The second-order valence-electron chi connectivity index (χ2n) is 13.7. The number of hydrogen-bond donors (Lipinski definition) is 0. The van der Waals surface area contributed by atoms with E-state index in [0.717, 1.165) is 90.3 Å². The normalized spacial score (nSPS) is 12.4. The Kier molecular flexibility index (Phi) is 7.92. The number of aromatic nitrogens is 3. The molecule has 0 spiro atoms. The Morgan fingerprint density at radius 2 is 1.07 bits per heavy atom. The molecule has 0 saturated heterocycles. The predicted octanol–water partition coefficient (Wildman–Crippen LogP) is 10.7. The first-order valence-corrected chi connectivity index (χ1v) is 18.4. The van der Waals surface area contributed by atoms with Crippen LogP contribution in [-0.2, 0) is 0 Å². The van der Waals surface area contributed by atoms with Crippen molar-refractivity contribution in [2.75, 3.05) is 6.54 Å². The fourth-order valence-corrected chi connectivity index (χ4v) is 7.78. The molecule has 254 valence electrons. The lowest BCUT2D eigenvalue weighted by Crippen LogP contribution is -2.30. The zero-order valence-corrected chi connectivity index (χ0v) is 29.5. The van der Waals surface area contributed by atoms with Crippen LogP contribution in [0.25, 0.3) is 83.4 Å². The van der Waals surface area contributed by atoms with Crippen LogP contribution in [0.4, 0.5) is 0 Å². The van der Waals surface area contributed by atoms with Crippen molar-refractivity contribution in [1.82, 2.24) is 15.0 Å². The minimum atomic E-state index is 0.696. The summed E-state index contributed by atoms with van der Waals surface area (Å²) in [6.45, 7) is 0.800. The molecule has 54 heavy (non-hydrogen) atoms. The molecule has 0 bridgehead atoms. The van der Waals surface area contributed by atoms with E-state index >= 15 is 0 Å². The van der Waals surface area contributed by atoms with Crippen LogP contribution in [0.1, 0.15) is 12.0 Å². The highest BCUT2D eigenvalue weighted by Crippen LogP contribution is 2.39. The third-order valence-corrected chi connectivity index (χ3v) is 10.5. The van der Waals surface area contributed by atoms with Gasteiger partial charge in [0.2, 0.25) is 0 Å². The van der Waals surface area contributed by atoms with E-state index in [1.165, 1.54) is 16.4 Å². The van der Waals surface area contributed by atoms with Crippen LogP contribution < -0.4 is 10.6 Å². The highest BCUT2D eigenvalue weighted by atomic mass is 14.9. The van der Waals surface area contributed by atoms with Gasteiger partial charge in [-0.1, -0.05) is 146 Å². The van der Waals surface area contributed by atoms with E-state index in [-0.39, 0.29) is 0 Å². The first-order chi connectivity index (χ1) is 26.8. The topological polar surface area (TPSA) is 51.0 Å². The zero-order chi connectivity index (χ0) is 35.8. The molecule has 0 unspecified atom stereocenters. The van der Waals surface area contributed by atoms with E-state index in [9.17, 15) is 0 Å². The van der Waals surface area contributed by atoms with Crippen molar-refractivity contribution in [1.29, 1.82) is 0 Å². The third-order valence-electron chi connectivity index (χ3n) is 10.5. The maximum Gasteiger partial charge on any atom is 0.160 e. The molecule has 7 aromatic carbocycles. The summed E-state index contributed by atoms with van der Waals surface area (Å²) in [5, 5.41) is 4.42. The van der Waals surface area contributed by atoms with Gasteiger partial charge in [-0.25, -0.2) is 9.97 Å². The lowest BCUT2D eigenvalue weighted by Gasteiger charge is -2.16. The van der Waals surface area contributed by atoms with Crippen LogP contribution in [0.5, 0.6) is 0 Å². The molecular weight excluding hydrogens is 657 g/mol. The van der Waals surface area contributed by atoms with E-state index in [1.807, 2.05) is 12.3 Å². The van der Waals surface area contributed by atoms with E-state index < -0.39 is 0 Å². The molecule has 1 aliphatic heterocycles. The number of hydrogen-bond acceptors (Lipinski definition) is 4. The van der Waals surface area contributed by atoms with Gasteiger partial charge in [-0.3, -0.25) is 9.98 Å². The summed E-state index contributed by atoms with van der Waals surface area (Å²) in [5.41, 5.74) is 14.1. The van der Waals surface area contributed by atoms with Crippen molar-refractivity contribution in [2.24, 2.45) is 4.99 Å². The Morgan fingerprint density at radius 1 is 0.426 bits per heavy atom. The average Bonchev–Trinajstić information content (AvgIpc) is 3.26. The summed E-state index contributed by atoms with van der Waals surface area (Å²) in [6.07, 6.45) is 2.81. The molecule has 9 aromatic rings. The van der Waals surface area contributed by atoms with Crippen LogP contribution in [0.3, 0.4) is 0 Å². The van der Waals surface area contributed by atoms with Crippen molar-refractivity contribution < 1.29 is 0 Å². The average molecular weight is 691 g/mol. The molecular formula is C50H34N4. The second-order valence-corrected chi connectivity index (χ2v) is 13.7. The van der Waals surface area contributed by atoms with E-state index in [1.54, 1.807) is 0 Å². The molecule has 0 N–H and O–H groups in total. The number of nitrogens with zero attached hydrogens (tertiary/aromatic N) is 4. The van der Waals surface area contributed by atoms with Crippen LogP contribution in [0.15, 0.2) is 187 Å². The van der Waals surface area contributed by atoms with Crippen molar-refractivity contribution in [3.63, 3.8) is 0 Å². The van der Waals surface area contributed by atoms with E-state index in [2.05, 4.69) is 175 Å². The van der Waals surface area contributed by atoms with Crippen LogP contribution in [0, 0.1) is 0 Å². The Morgan fingerprint density at radius 3 is 1.89 bits per heavy atom. The fraction of sp³-hybridized carbons (Fsp3) is 0.0400. The van der Waals surface area contributed by atoms with Crippen LogP contribution >= 0.6 is 0 Å². The minimum absolute atomic E-state index is 0.696. The Balaban J connectivity index is 1.18. The van der Waals surface area contributed by atoms with E-state index in [0.29, 0.717) is 5.82 Å². The summed E-state index contributed by atoms with van der Waals surface area (Å²) in [4.78, 5) is 20.1. The molecule has 0 atom stereocenters. The van der Waals surface area contributed by atoms with Crippen molar-refractivity contribution in [2.45, 2.75) is 6.42 Å². The minimum Gasteiger partial charge on any atom is -0.284 e. The summed E-state index contributed by atoms with van der Waals surface area (Å²) in [6, 6.07) is 62.0. The standard InChI is InChI=1S/C50H34N4/c1-3-11-33(12-4-1)39-31-44(34-13-5-2-6-14-34)49-45(32-39)48(37-23-19-35(20-24-37)40-27-29-51-46-17-9-7-15-42(40)46)53-50(54-49)38-25-21-36(22-26-38)41-28-30-52-47-18-10-8-16-43(41)47/h1-27,29,31-32H,28,30H2. The highest BCUT2D eigenvalue weighted by molar-refractivity contribution is 6.04. The second kappa shape index (κ2) is 13.5. The molecule has 10 rings (SSSR count). The van der Waals surface area contributed by atoms with Gasteiger partial charge >= 0.3 is 0 Å². The Bertz CT molecular complexity index is 2950. The molecule has 2 aromatic heterocycles. The first-order valence-electron chi connectivity index (χ1n) is 18.4. The number of para-hydroxylation sites is 2. The lowest BCUT2D eigenvalue weighted by molar-refractivity contribution is 0.938. The molecule has 1 aliphatic rings. The van der Waals surface area contributed by atoms with Gasteiger partial charge < -0.3 is 0 Å². The van der Waals surface area contributed by atoms with Gasteiger partial charge in [-0.2, -0.15) is 0 Å². The summed E-state index contributed by atoms with van der Waals surface area (Å²) in [5.74, 6) is 0.696. The molecule has 0 radical (unpaired) electrons. The van der Waals surface area contributed by atoms with Crippen molar-refractivity contribution in [3.8, 4) is 56.0 Å². The number of pyridine rings is 1. The quantitative estimate of drug-likeness (QED) is 0.175.